The molecule has 7 heteroatoms. The number of rotatable bonds is 6. The van der Waals surface area contributed by atoms with E-state index in [-0.39, 0.29) is 30.9 Å². The third kappa shape index (κ3) is 4.56. The van der Waals surface area contributed by atoms with Gasteiger partial charge < -0.3 is 19.6 Å². The molecule has 5 rings (SSSR count). The van der Waals surface area contributed by atoms with Crippen molar-refractivity contribution >= 4 is 17.6 Å². The molecule has 2 saturated heterocycles. The number of benzene rings is 2. The Morgan fingerprint density at radius 1 is 0.909 bits per heavy atom. The predicted molar refractivity (Wildman–Crippen MR) is 122 cm³/mol. The van der Waals surface area contributed by atoms with Crippen molar-refractivity contribution in [3.05, 3.63) is 59.7 Å². The van der Waals surface area contributed by atoms with Crippen molar-refractivity contribution < 1.29 is 24.2 Å². The van der Waals surface area contributed by atoms with Crippen LogP contribution < -0.4 is 0 Å². The zero-order valence-electron chi connectivity index (χ0n) is 18.5. The molecule has 0 bridgehead atoms. The van der Waals surface area contributed by atoms with Crippen LogP contribution in [0.4, 0.5) is 0 Å². The molecule has 1 aliphatic carbocycles. The van der Waals surface area contributed by atoms with Gasteiger partial charge in [-0.25, -0.2) is 0 Å². The third-order valence-corrected chi connectivity index (χ3v) is 6.74. The van der Waals surface area contributed by atoms with E-state index in [0.717, 1.165) is 29.5 Å². The van der Waals surface area contributed by atoms with E-state index < -0.39 is 5.60 Å². The summed E-state index contributed by atoms with van der Waals surface area (Å²) in [5.41, 5.74) is 2.25. The monoisotopic (exact) mass is 448 g/mol. The summed E-state index contributed by atoms with van der Waals surface area (Å²) in [6.07, 6.45) is 2.53. The van der Waals surface area contributed by atoms with Crippen molar-refractivity contribution in [1.82, 2.24) is 9.80 Å². The number of piperazine rings is 1. The van der Waals surface area contributed by atoms with E-state index >= 15 is 0 Å². The average molecular weight is 449 g/mol. The quantitative estimate of drug-likeness (QED) is 0.730. The van der Waals surface area contributed by atoms with Crippen LogP contribution in [0.25, 0.3) is 11.1 Å². The van der Waals surface area contributed by atoms with E-state index in [1.165, 1.54) is 0 Å². The maximum absolute atomic E-state index is 12.9. The highest BCUT2D eigenvalue weighted by atomic mass is 16.5. The lowest BCUT2D eigenvalue weighted by atomic mass is 9.98. The molecular weight excluding hydrogens is 420 g/mol. The fourth-order valence-electron chi connectivity index (χ4n) is 4.43. The number of ether oxygens (including phenoxy) is 1. The number of carbonyl (C=O) groups excluding carboxylic acids is 3. The van der Waals surface area contributed by atoms with Gasteiger partial charge in [0.2, 0.25) is 0 Å². The first-order valence-corrected chi connectivity index (χ1v) is 11.5. The highest BCUT2D eigenvalue weighted by Crippen LogP contribution is 2.31. The minimum atomic E-state index is -1.40. The highest BCUT2D eigenvalue weighted by molar-refractivity contribution is 5.95. The zero-order chi connectivity index (χ0) is 23.0. The first-order chi connectivity index (χ1) is 15.9. The molecule has 33 heavy (non-hydrogen) atoms. The van der Waals surface area contributed by atoms with Crippen molar-refractivity contribution in [3.8, 4) is 11.1 Å². The molecule has 1 N–H and O–H groups in total. The Morgan fingerprint density at radius 2 is 1.58 bits per heavy atom. The van der Waals surface area contributed by atoms with Crippen molar-refractivity contribution in [3.63, 3.8) is 0 Å². The van der Waals surface area contributed by atoms with Gasteiger partial charge in [0, 0.05) is 44.1 Å². The Labute approximate surface area is 192 Å². The molecular formula is C26H28N2O5. The molecule has 0 spiro atoms. The number of Topliss-reactive ketones (excluding diaryl/α,β-unsaturated/α-hetero) is 1. The minimum Gasteiger partial charge on any atom is -0.376 e. The summed E-state index contributed by atoms with van der Waals surface area (Å²) in [4.78, 5) is 40.8. The van der Waals surface area contributed by atoms with Crippen LogP contribution in [0.3, 0.4) is 0 Å². The van der Waals surface area contributed by atoms with Crippen LogP contribution >= 0.6 is 0 Å². The first-order valence-electron chi connectivity index (χ1n) is 11.5. The Morgan fingerprint density at radius 3 is 2.18 bits per heavy atom. The lowest BCUT2D eigenvalue weighted by Crippen LogP contribution is -2.64. The molecule has 0 aromatic heterocycles. The Hall–Kier alpha value is -3.03. The van der Waals surface area contributed by atoms with Crippen LogP contribution in [0.2, 0.25) is 0 Å². The van der Waals surface area contributed by atoms with Gasteiger partial charge in [-0.15, -0.1) is 0 Å². The first kappa shape index (κ1) is 21.8. The fraction of sp³-hybridized carbons (Fsp3) is 0.423. The Kier molecular flexibility index (Phi) is 5.76. The minimum absolute atomic E-state index is 0.0388. The van der Waals surface area contributed by atoms with Gasteiger partial charge in [0.05, 0.1) is 13.2 Å². The summed E-state index contributed by atoms with van der Waals surface area (Å²) in [5.74, 6) is 0.204. The van der Waals surface area contributed by atoms with E-state index in [4.69, 9.17) is 4.74 Å². The van der Waals surface area contributed by atoms with E-state index in [1.807, 2.05) is 42.5 Å². The highest BCUT2D eigenvalue weighted by Gasteiger charge is 2.46. The number of hydrogen-bond acceptors (Lipinski definition) is 5. The smallest absolute Gasteiger partial charge is 0.259 e. The number of ketones is 1. The van der Waals surface area contributed by atoms with Crippen LogP contribution in [-0.2, 0) is 20.7 Å². The van der Waals surface area contributed by atoms with E-state index in [2.05, 4.69) is 6.07 Å². The van der Waals surface area contributed by atoms with Gasteiger partial charge in [0.1, 0.15) is 5.78 Å². The predicted octanol–water partition coefficient (Wildman–Crippen LogP) is 1.92. The molecule has 0 atom stereocenters. The molecule has 0 unspecified atom stereocenters. The van der Waals surface area contributed by atoms with E-state index in [0.29, 0.717) is 43.9 Å². The van der Waals surface area contributed by atoms with Crippen molar-refractivity contribution in [2.24, 2.45) is 5.92 Å². The summed E-state index contributed by atoms with van der Waals surface area (Å²) >= 11 is 0. The molecule has 2 heterocycles. The summed E-state index contributed by atoms with van der Waals surface area (Å²) in [7, 11) is 0. The van der Waals surface area contributed by atoms with Gasteiger partial charge in [-0.05, 0) is 41.7 Å². The lowest BCUT2D eigenvalue weighted by molar-refractivity contribution is -0.201. The average Bonchev–Trinajstić information content (AvgIpc) is 3.68. The molecule has 0 radical (unpaired) electrons. The van der Waals surface area contributed by atoms with Crippen molar-refractivity contribution in [1.29, 1.82) is 0 Å². The van der Waals surface area contributed by atoms with Crippen LogP contribution in [0.15, 0.2) is 48.5 Å². The molecule has 3 aliphatic rings. The molecule has 1 saturated carbocycles. The number of nitrogens with zero attached hydrogens (tertiary/aromatic N) is 2. The second-order valence-electron chi connectivity index (χ2n) is 9.30. The zero-order valence-corrected chi connectivity index (χ0v) is 18.5. The molecule has 3 fully saturated rings. The second-order valence-corrected chi connectivity index (χ2v) is 9.30. The maximum atomic E-state index is 12.9. The molecule has 2 amide bonds. The number of aliphatic hydroxyl groups is 1. The topological polar surface area (TPSA) is 87.2 Å². The maximum Gasteiger partial charge on any atom is 0.259 e. The van der Waals surface area contributed by atoms with E-state index in [9.17, 15) is 19.5 Å². The number of carbonyl (C=O) groups is 3. The molecule has 2 aliphatic heterocycles. The Bertz CT molecular complexity index is 1060. The standard InChI is InChI=1S/C26H28N2O5/c29-23(20-6-7-20)15-18-2-1-3-22(14-18)19-4-8-21(9-5-19)24(30)27-10-12-28(13-11-27)25(31)26(32)16-33-17-26/h1-5,8-9,14,20,32H,6-7,10-13,15-17H2. The number of amides is 2. The van der Waals surface area contributed by atoms with Crippen LogP contribution in [-0.4, -0.2) is 77.5 Å². The van der Waals surface area contributed by atoms with Gasteiger partial charge >= 0.3 is 0 Å². The largest absolute Gasteiger partial charge is 0.376 e. The summed E-state index contributed by atoms with van der Waals surface area (Å²) in [5, 5.41) is 10.2. The summed E-state index contributed by atoms with van der Waals surface area (Å²) in [6, 6.07) is 15.5. The van der Waals surface area contributed by atoms with Gasteiger partial charge in [0.25, 0.3) is 11.8 Å². The summed E-state index contributed by atoms with van der Waals surface area (Å²) < 4.78 is 4.97. The van der Waals surface area contributed by atoms with Crippen LogP contribution in [0.1, 0.15) is 28.8 Å². The normalized spacial score (nSPS) is 19.7. The van der Waals surface area contributed by atoms with Crippen LogP contribution in [0.5, 0.6) is 0 Å². The third-order valence-electron chi connectivity index (χ3n) is 6.74. The van der Waals surface area contributed by atoms with Gasteiger partial charge in [-0.2, -0.15) is 0 Å². The van der Waals surface area contributed by atoms with Gasteiger partial charge in [0.15, 0.2) is 5.60 Å². The molecule has 172 valence electrons. The molecule has 2 aromatic rings. The fourth-order valence-corrected chi connectivity index (χ4v) is 4.43. The Balaban J connectivity index is 1.20. The summed E-state index contributed by atoms with van der Waals surface area (Å²) in [6.45, 7) is 1.74. The molecule has 7 nitrogen and oxygen atoms in total. The van der Waals surface area contributed by atoms with Crippen LogP contribution in [0, 0.1) is 5.92 Å². The van der Waals surface area contributed by atoms with E-state index in [1.54, 1.807) is 9.80 Å². The van der Waals surface area contributed by atoms with Crippen molar-refractivity contribution in [2.45, 2.75) is 24.9 Å². The van der Waals surface area contributed by atoms with Gasteiger partial charge in [-0.1, -0.05) is 36.4 Å². The SMILES string of the molecule is O=C(Cc1cccc(-c2ccc(C(=O)N3CCN(C(=O)C4(O)COC4)CC3)cc2)c1)C1CC1. The second kappa shape index (κ2) is 8.72. The van der Waals surface area contributed by atoms with Crippen molar-refractivity contribution in [2.75, 3.05) is 39.4 Å². The molecule has 2 aromatic carbocycles. The van der Waals surface area contributed by atoms with Gasteiger partial charge in [-0.3, -0.25) is 14.4 Å². The number of hydrogen-bond donors (Lipinski definition) is 1. The lowest BCUT2D eigenvalue weighted by Gasteiger charge is -2.42.